The zero-order chi connectivity index (χ0) is 14.2. The number of halogens is 2. The van der Waals surface area contributed by atoms with Crippen molar-refractivity contribution >= 4 is 23.1 Å². The molecular formula is C13H13ClFN3O. The van der Waals surface area contributed by atoms with Crippen molar-refractivity contribution in [2.45, 2.75) is 13.3 Å². The highest BCUT2D eigenvalue weighted by molar-refractivity contribution is 6.32. The van der Waals surface area contributed by atoms with Gasteiger partial charge in [-0.25, -0.2) is 4.39 Å². The predicted molar refractivity (Wildman–Crippen MR) is 71.8 cm³/mol. The number of hydrogen-bond acceptors (Lipinski definition) is 3. The van der Waals surface area contributed by atoms with Gasteiger partial charge >= 0.3 is 0 Å². The lowest BCUT2D eigenvalue weighted by Crippen LogP contribution is -2.10. The van der Waals surface area contributed by atoms with Crippen LogP contribution in [0.1, 0.15) is 21.7 Å². The lowest BCUT2D eigenvalue weighted by molar-refractivity contribution is 0.0991. The van der Waals surface area contributed by atoms with Crippen molar-refractivity contribution in [2.24, 2.45) is 7.05 Å². The van der Waals surface area contributed by atoms with Crippen LogP contribution < -0.4 is 5.73 Å². The third-order valence-corrected chi connectivity index (χ3v) is 3.40. The number of Topliss-reactive ketones (excluding diaryl/α,β-unsaturated/α-hetero) is 1. The Labute approximate surface area is 115 Å². The number of rotatable bonds is 3. The lowest BCUT2D eigenvalue weighted by Gasteiger charge is -2.06. The molecule has 0 saturated heterocycles. The first-order valence-corrected chi connectivity index (χ1v) is 6.04. The van der Waals surface area contributed by atoms with Crippen LogP contribution in [0.4, 0.5) is 10.1 Å². The summed E-state index contributed by atoms with van der Waals surface area (Å²) in [6, 6.07) is 3.72. The Morgan fingerprint density at radius 3 is 2.79 bits per heavy atom. The fraction of sp³-hybridized carbons (Fsp3) is 0.231. The standard InChI is InChI=1S/C13H13ClFN3O/c1-7-13(14)11(18(2)17-7)6-12(19)9-5-8(15)3-4-10(9)16/h3-5H,6,16H2,1-2H3. The molecule has 4 nitrogen and oxygen atoms in total. The molecule has 0 spiro atoms. The summed E-state index contributed by atoms with van der Waals surface area (Å²) >= 11 is 6.08. The smallest absolute Gasteiger partial charge is 0.171 e. The molecule has 0 aliphatic rings. The summed E-state index contributed by atoms with van der Waals surface area (Å²) in [7, 11) is 1.70. The van der Waals surface area contributed by atoms with Gasteiger partial charge in [-0.1, -0.05) is 11.6 Å². The molecule has 0 radical (unpaired) electrons. The Kier molecular flexibility index (Phi) is 3.57. The Balaban J connectivity index is 2.33. The largest absolute Gasteiger partial charge is 0.398 e. The zero-order valence-electron chi connectivity index (χ0n) is 10.6. The second kappa shape index (κ2) is 5.01. The Morgan fingerprint density at radius 1 is 1.53 bits per heavy atom. The zero-order valence-corrected chi connectivity index (χ0v) is 11.3. The Bertz CT molecular complexity index is 652. The van der Waals surface area contributed by atoms with Crippen LogP contribution in [0.25, 0.3) is 0 Å². The number of nitrogens with zero attached hydrogens (tertiary/aromatic N) is 2. The number of ketones is 1. The molecule has 0 aliphatic heterocycles. The topological polar surface area (TPSA) is 60.9 Å². The van der Waals surface area contributed by atoms with E-state index in [0.29, 0.717) is 16.4 Å². The number of nitrogen functional groups attached to an aromatic ring is 1. The van der Waals surface area contributed by atoms with E-state index in [-0.39, 0.29) is 23.5 Å². The first kappa shape index (κ1) is 13.5. The van der Waals surface area contributed by atoms with E-state index in [2.05, 4.69) is 5.10 Å². The van der Waals surface area contributed by atoms with Crippen LogP contribution in [-0.4, -0.2) is 15.6 Å². The highest BCUT2D eigenvalue weighted by Crippen LogP contribution is 2.22. The number of carbonyl (C=O) groups is 1. The van der Waals surface area contributed by atoms with Gasteiger partial charge in [-0.15, -0.1) is 0 Å². The molecule has 0 bridgehead atoms. The number of hydrogen-bond donors (Lipinski definition) is 1. The minimum atomic E-state index is -0.496. The summed E-state index contributed by atoms with van der Waals surface area (Å²) in [5, 5.41) is 4.57. The first-order valence-electron chi connectivity index (χ1n) is 5.66. The van der Waals surface area contributed by atoms with E-state index >= 15 is 0 Å². The highest BCUT2D eigenvalue weighted by atomic mass is 35.5. The lowest BCUT2D eigenvalue weighted by atomic mass is 10.0. The number of nitrogens with two attached hydrogens (primary N) is 1. The van der Waals surface area contributed by atoms with Gasteiger partial charge in [0.05, 0.1) is 22.8 Å². The second-order valence-electron chi connectivity index (χ2n) is 4.30. The summed E-state index contributed by atoms with van der Waals surface area (Å²) < 4.78 is 14.7. The average Bonchev–Trinajstić information content (AvgIpc) is 2.59. The first-order chi connectivity index (χ1) is 8.90. The van der Waals surface area contributed by atoms with E-state index in [1.54, 1.807) is 18.7 Å². The number of aryl methyl sites for hydroxylation is 2. The Morgan fingerprint density at radius 2 is 2.21 bits per heavy atom. The summed E-state index contributed by atoms with van der Waals surface area (Å²) in [6.07, 6.45) is 0.0316. The molecule has 6 heteroatoms. The van der Waals surface area contributed by atoms with E-state index in [0.717, 1.165) is 6.07 Å². The SMILES string of the molecule is Cc1nn(C)c(CC(=O)c2cc(F)ccc2N)c1Cl. The summed E-state index contributed by atoms with van der Waals surface area (Å²) in [4.78, 5) is 12.2. The van der Waals surface area contributed by atoms with E-state index in [9.17, 15) is 9.18 Å². The maximum atomic E-state index is 13.2. The van der Waals surface area contributed by atoms with Crippen LogP contribution in [0.3, 0.4) is 0 Å². The molecule has 2 aromatic rings. The fourth-order valence-corrected chi connectivity index (χ4v) is 2.12. The quantitative estimate of drug-likeness (QED) is 0.695. The molecule has 1 aromatic carbocycles. The monoisotopic (exact) mass is 281 g/mol. The second-order valence-corrected chi connectivity index (χ2v) is 4.68. The third-order valence-electron chi connectivity index (χ3n) is 2.91. The van der Waals surface area contributed by atoms with Crippen molar-refractivity contribution in [3.8, 4) is 0 Å². The molecule has 0 saturated carbocycles. The van der Waals surface area contributed by atoms with E-state index < -0.39 is 5.82 Å². The van der Waals surface area contributed by atoms with Crippen LogP contribution in [-0.2, 0) is 13.5 Å². The average molecular weight is 282 g/mol. The summed E-state index contributed by atoms with van der Waals surface area (Å²) in [5.41, 5.74) is 7.34. The van der Waals surface area contributed by atoms with Crippen molar-refractivity contribution < 1.29 is 9.18 Å². The van der Waals surface area contributed by atoms with Gasteiger partial charge in [-0.2, -0.15) is 5.10 Å². The van der Waals surface area contributed by atoms with Gasteiger partial charge in [0, 0.05) is 18.3 Å². The van der Waals surface area contributed by atoms with Gasteiger partial charge in [-0.05, 0) is 25.1 Å². The molecule has 100 valence electrons. The molecule has 0 atom stereocenters. The molecule has 1 aromatic heterocycles. The van der Waals surface area contributed by atoms with Crippen LogP contribution in [0.2, 0.25) is 5.02 Å². The summed E-state index contributed by atoms with van der Waals surface area (Å²) in [6.45, 7) is 1.76. The molecule has 0 amide bonds. The van der Waals surface area contributed by atoms with E-state index in [1.807, 2.05) is 0 Å². The molecule has 2 rings (SSSR count). The molecule has 2 N–H and O–H groups in total. The van der Waals surface area contributed by atoms with Crippen LogP contribution in [0, 0.1) is 12.7 Å². The van der Waals surface area contributed by atoms with Gasteiger partial charge in [0.15, 0.2) is 5.78 Å². The van der Waals surface area contributed by atoms with Gasteiger partial charge in [0.1, 0.15) is 5.82 Å². The van der Waals surface area contributed by atoms with Gasteiger partial charge < -0.3 is 5.73 Å². The van der Waals surface area contributed by atoms with E-state index in [1.165, 1.54) is 12.1 Å². The van der Waals surface area contributed by atoms with Crippen LogP contribution >= 0.6 is 11.6 Å². The number of aromatic nitrogens is 2. The fourth-order valence-electron chi connectivity index (χ4n) is 1.89. The molecular weight excluding hydrogens is 269 g/mol. The third kappa shape index (κ3) is 2.61. The minimum Gasteiger partial charge on any atom is -0.398 e. The molecule has 0 unspecified atom stereocenters. The highest BCUT2D eigenvalue weighted by Gasteiger charge is 2.18. The number of benzene rings is 1. The van der Waals surface area contributed by atoms with Crippen molar-refractivity contribution in [2.75, 3.05) is 5.73 Å². The van der Waals surface area contributed by atoms with Crippen LogP contribution in [0.5, 0.6) is 0 Å². The van der Waals surface area contributed by atoms with Crippen molar-refractivity contribution in [1.29, 1.82) is 0 Å². The van der Waals surface area contributed by atoms with Crippen molar-refractivity contribution in [3.05, 3.63) is 46.0 Å². The Hall–Kier alpha value is -1.88. The maximum absolute atomic E-state index is 13.2. The van der Waals surface area contributed by atoms with E-state index in [4.69, 9.17) is 17.3 Å². The molecule has 1 heterocycles. The van der Waals surface area contributed by atoms with Gasteiger partial charge in [0.25, 0.3) is 0 Å². The number of anilines is 1. The van der Waals surface area contributed by atoms with Gasteiger partial charge in [0.2, 0.25) is 0 Å². The van der Waals surface area contributed by atoms with Crippen molar-refractivity contribution in [1.82, 2.24) is 9.78 Å². The summed E-state index contributed by atoms with van der Waals surface area (Å²) in [5.74, 6) is -0.785. The van der Waals surface area contributed by atoms with Crippen molar-refractivity contribution in [3.63, 3.8) is 0 Å². The molecule has 19 heavy (non-hydrogen) atoms. The molecule has 0 aliphatic carbocycles. The minimum absolute atomic E-state index is 0.0316. The van der Waals surface area contributed by atoms with Gasteiger partial charge in [-0.3, -0.25) is 9.48 Å². The number of carbonyl (C=O) groups excluding carboxylic acids is 1. The normalized spacial score (nSPS) is 10.7. The van der Waals surface area contributed by atoms with Crippen LogP contribution in [0.15, 0.2) is 18.2 Å². The maximum Gasteiger partial charge on any atom is 0.171 e. The molecule has 0 fully saturated rings. The predicted octanol–water partition coefficient (Wildman–Crippen LogP) is 2.53.